The van der Waals surface area contributed by atoms with E-state index in [1.54, 1.807) is 0 Å². The zero-order chi connectivity index (χ0) is 10.6. The van der Waals surface area contributed by atoms with E-state index in [-0.39, 0.29) is 17.2 Å². The molecule has 0 aromatic heterocycles. The number of nitrogens with two attached hydrogens (primary N) is 2. The summed E-state index contributed by atoms with van der Waals surface area (Å²) in [6, 6.07) is 3.91. The van der Waals surface area contributed by atoms with E-state index in [9.17, 15) is 9.18 Å². The average Bonchev–Trinajstić information content (AvgIpc) is 2.18. The van der Waals surface area contributed by atoms with Gasteiger partial charge in [-0.25, -0.2) is 4.39 Å². The lowest BCUT2D eigenvalue weighted by Crippen LogP contribution is -2.29. The zero-order valence-corrected chi connectivity index (χ0v) is 7.59. The van der Waals surface area contributed by atoms with Gasteiger partial charge in [-0.05, 0) is 18.2 Å². The standard InChI is InChI=1S/C9H12FN3O/c10-7-5-6(1-2-8(7)12)9(14)13-4-3-11/h1-2,5H,3-4,11-12H2,(H,13,14). The molecule has 1 rings (SSSR count). The quantitative estimate of drug-likeness (QED) is 0.601. The fraction of sp³-hybridized carbons (Fsp3) is 0.222. The molecular weight excluding hydrogens is 185 g/mol. The first kappa shape index (κ1) is 10.5. The molecule has 1 aromatic rings. The minimum atomic E-state index is -0.592. The van der Waals surface area contributed by atoms with E-state index in [1.165, 1.54) is 12.1 Å². The Bertz CT molecular complexity index is 341. The van der Waals surface area contributed by atoms with E-state index >= 15 is 0 Å². The van der Waals surface area contributed by atoms with Crippen LogP contribution in [-0.2, 0) is 0 Å². The van der Waals surface area contributed by atoms with E-state index in [4.69, 9.17) is 11.5 Å². The van der Waals surface area contributed by atoms with Crippen molar-refractivity contribution in [1.29, 1.82) is 0 Å². The van der Waals surface area contributed by atoms with Crippen molar-refractivity contribution in [2.24, 2.45) is 5.73 Å². The first-order chi connectivity index (χ1) is 6.65. The van der Waals surface area contributed by atoms with Crippen molar-refractivity contribution in [3.05, 3.63) is 29.6 Å². The van der Waals surface area contributed by atoms with Gasteiger partial charge in [0.15, 0.2) is 0 Å². The molecule has 0 unspecified atom stereocenters. The zero-order valence-electron chi connectivity index (χ0n) is 7.59. The maximum absolute atomic E-state index is 12.9. The van der Waals surface area contributed by atoms with Crippen molar-refractivity contribution < 1.29 is 9.18 Å². The number of carbonyl (C=O) groups is 1. The van der Waals surface area contributed by atoms with Crippen LogP contribution >= 0.6 is 0 Å². The lowest BCUT2D eigenvalue weighted by Gasteiger charge is -2.04. The Kier molecular flexibility index (Phi) is 3.41. The minimum Gasteiger partial charge on any atom is -0.396 e. The second-order valence-corrected chi connectivity index (χ2v) is 2.78. The molecule has 0 bridgehead atoms. The summed E-state index contributed by atoms with van der Waals surface area (Å²) in [6.45, 7) is 0.716. The van der Waals surface area contributed by atoms with Gasteiger partial charge in [0, 0.05) is 18.7 Å². The van der Waals surface area contributed by atoms with Crippen LogP contribution in [0.4, 0.5) is 10.1 Å². The maximum Gasteiger partial charge on any atom is 0.251 e. The SMILES string of the molecule is NCCNC(=O)c1ccc(N)c(F)c1. The van der Waals surface area contributed by atoms with Gasteiger partial charge < -0.3 is 16.8 Å². The van der Waals surface area contributed by atoms with Crippen LogP contribution in [0.1, 0.15) is 10.4 Å². The number of amides is 1. The van der Waals surface area contributed by atoms with Crippen LogP contribution in [0.15, 0.2) is 18.2 Å². The Hall–Kier alpha value is -1.62. The van der Waals surface area contributed by atoms with E-state index in [0.29, 0.717) is 13.1 Å². The number of nitrogens with one attached hydrogen (secondary N) is 1. The van der Waals surface area contributed by atoms with E-state index in [0.717, 1.165) is 6.07 Å². The van der Waals surface area contributed by atoms with Gasteiger partial charge in [0.25, 0.3) is 5.91 Å². The number of carbonyl (C=O) groups excluding carboxylic acids is 1. The Morgan fingerprint density at radius 1 is 1.50 bits per heavy atom. The highest BCUT2D eigenvalue weighted by Crippen LogP contribution is 2.11. The van der Waals surface area contributed by atoms with Gasteiger partial charge in [-0.2, -0.15) is 0 Å². The molecule has 5 heteroatoms. The second kappa shape index (κ2) is 4.57. The van der Waals surface area contributed by atoms with Gasteiger partial charge >= 0.3 is 0 Å². The van der Waals surface area contributed by atoms with Crippen molar-refractivity contribution in [1.82, 2.24) is 5.32 Å². The van der Waals surface area contributed by atoms with Crippen LogP contribution in [0.5, 0.6) is 0 Å². The second-order valence-electron chi connectivity index (χ2n) is 2.78. The summed E-state index contributed by atoms with van der Waals surface area (Å²) in [5.74, 6) is -0.945. The molecule has 0 heterocycles. The smallest absolute Gasteiger partial charge is 0.251 e. The van der Waals surface area contributed by atoms with Gasteiger partial charge in [-0.15, -0.1) is 0 Å². The number of halogens is 1. The van der Waals surface area contributed by atoms with Gasteiger partial charge in [0.05, 0.1) is 5.69 Å². The third-order valence-corrected chi connectivity index (χ3v) is 1.69. The first-order valence-electron chi connectivity index (χ1n) is 4.18. The molecule has 1 aromatic carbocycles. The summed E-state index contributed by atoms with van der Waals surface area (Å²) >= 11 is 0. The molecule has 0 saturated heterocycles. The lowest BCUT2D eigenvalue weighted by atomic mass is 10.2. The summed E-state index contributed by atoms with van der Waals surface area (Å²) in [6.07, 6.45) is 0. The molecule has 0 aliphatic rings. The molecule has 0 aliphatic carbocycles. The molecule has 1 amide bonds. The fourth-order valence-electron chi connectivity index (χ4n) is 0.956. The summed E-state index contributed by atoms with van der Waals surface area (Å²) in [5.41, 5.74) is 10.7. The van der Waals surface area contributed by atoms with Crippen LogP contribution in [-0.4, -0.2) is 19.0 Å². The van der Waals surface area contributed by atoms with E-state index in [2.05, 4.69) is 5.32 Å². The Labute approximate surface area is 81.1 Å². The molecule has 0 spiro atoms. The Morgan fingerprint density at radius 3 is 2.79 bits per heavy atom. The van der Waals surface area contributed by atoms with Crippen LogP contribution in [0, 0.1) is 5.82 Å². The predicted molar refractivity (Wildman–Crippen MR) is 52.2 cm³/mol. The topological polar surface area (TPSA) is 81.1 Å². The molecule has 0 radical (unpaired) electrons. The van der Waals surface area contributed by atoms with Crippen molar-refractivity contribution in [3.8, 4) is 0 Å². The molecule has 0 atom stereocenters. The van der Waals surface area contributed by atoms with Crippen molar-refractivity contribution in [2.45, 2.75) is 0 Å². The predicted octanol–water partition coefficient (Wildman–Crippen LogP) is 0.0964. The molecule has 76 valence electrons. The largest absolute Gasteiger partial charge is 0.396 e. The highest BCUT2D eigenvalue weighted by molar-refractivity contribution is 5.94. The molecule has 0 aliphatic heterocycles. The molecule has 0 fully saturated rings. The molecule has 0 saturated carbocycles. The fourth-order valence-corrected chi connectivity index (χ4v) is 0.956. The van der Waals surface area contributed by atoms with Gasteiger partial charge in [0.2, 0.25) is 0 Å². The van der Waals surface area contributed by atoms with Crippen LogP contribution < -0.4 is 16.8 Å². The third-order valence-electron chi connectivity index (χ3n) is 1.69. The number of hydrogen-bond acceptors (Lipinski definition) is 3. The summed E-state index contributed by atoms with van der Waals surface area (Å²) in [4.78, 5) is 11.3. The molecular formula is C9H12FN3O. The highest BCUT2D eigenvalue weighted by atomic mass is 19.1. The van der Waals surface area contributed by atoms with Gasteiger partial charge in [-0.3, -0.25) is 4.79 Å². The molecule has 4 nitrogen and oxygen atoms in total. The third kappa shape index (κ3) is 2.43. The monoisotopic (exact) mass is 197 g/mol. The molecule has 5 N–H and O–H groups in total. The van der Waals surface area contributed by atoms with Gasteiger partial charge in [0.1, 0.15) is 5.82 Å². The summed E-state index contributed by atoms with van der Waals surface area (Å²) in [7, 11) is 0. The van der Waals surface area contributed by atoms with Gasteiger partial charge in [-0.1, -0.05) is 0 Å². The minimum absolute atomic E-state index is 0.0281. The number of rotatable bonds is 3. The first-order valence-corrected chi connectivity index (χ1v) is 4.18. The number of nitrogen functional groups attached to an aromatic ring is 1. The Morgan fingerprint density at radius 2 is 2.21 bits per heavy atom. The summed E-state index contributed by atoms with van der Waals surface area (Å²) in [5, 5.41) is 2.52. The number of anilines is 1. The number of benzene rings is 1. The number of hydrogen-bond donors (Lipinski definition) is 3. The molecule has 14 heavy (non-hydrogen) atoms. The van der Waals surface area contributed by atoms with E-state index in [1.807, 2.05) is 0 Å². The van der Waals surface area contributed by atoms with Crippen LogP contribution in [0.25, 0.3) is 0 Å². The lowest BCUT2D eigenvalue weighted by molar-refractivity contribution is 0.0954. The Balaban J connectivity index is 2.76. The van der Waals surface area contributed by atoms with Crippen molar-refractivity contribution >= 4 is 11.6 Å². The summed E-state index contributed by atoms with van der Waals surface area (Å²) < 4.78 is 12.9. The highest BCUT2D eigenvalue weighted by Gasteiger charge is 2.06. The van der Waals surface area contributed by atoms with Crippen LogP contribution in [0.2, 0.25) is 0 Å². The normalized spacial score (nSPS) is 9.86. The van der Waals surface area contributed by atoms with E-state index < -0.39 is 5.82 Å². The van der Waals surface area contributed by atoms with Crippen molar-refractivity contribution in [3.63, 3.8) is 0 Å². The maximum atomic E-state index is 12.9. The van der Waals surface area contributed by atoms with Crippen LogP contribution in [0.3, 0.4) is 0 Å². The average molecular weight is 197 g/mol. The van der Waals surface area contributed by atoms with Crippen molar-refractivity contribution in [2.75, 3.05) is 18.8 Å².